The molecule has 0 saturated carbocycles. The summed E-state index contributed by atoms with van der Waals surface area (Å²) in [6, 6.07) is 10.5. The molecule has 0 unspecified atom stereocenters. The summed E-state index contributed by atoms with van der Waals surface area (Å²) in [7, 11) is 0. The van der Waals surface area contributed by atoms with E-state index in [0.29, 0.717) is 0 Å². The Morgan fingerprint density at radius 2 is 2.00 bits per heavy atom. The number of rotatable bonds is 8. The van der Waals surface area contributed by atoms with Crippen molar-refractivity contribution in [2.45, 2.75) is 46.1 Å². The predicted molar refractivity (Wildman–Crippen MR) is 105 cm³/mol. The first-order valence-electron chi connectivity index (χ1n) is 9.08. The topological polar surface area (TPSA) is 54.2 Å². The number of nitrogens with one attached hydrogen (secondary N) is 2. The van der Waals surface area contributed by atoms with Crippen molar-refractivity contribution in [3.8, 4) is 0 Å². The van der Waals surface area contributed by atoms with Gasteiger partial charge in [0.2, 0.25) is 0 Å². The second kappa shape index (κ2) is 9.25. The van der Waals surface area contributed by atoms with E-state index in [0.717, 1.165) is 38.6 Å². The van der Waals surface area contributed by atoms with Crippen molar-refractivity contribution >= 4 is 5.96 Å². The molecule has 0 fully saturated rings. The van der Waals surface area contributed by atoms with Gasteiger partial charge in [0.25, 0.3) is 0 Å². The lowest BCUT2D eigenvalue weighted by Crippen LogP contribution is -2.39. The number of hydrogen-bond acceptors (Lipinski definition) is 2. The van der Waals surface area contributed by atoms with Crippen LogP contribution in [-0.2, 0) is 12.0 Å². The van der Waals surface area contributed by atoms with Gasteiger partial charge in [-0.05, 0) is 37.5 Å². The van der Waals surface area contributed by atoms with Gasteiger partial charge in [-0.2, -0.15) is 5.10 Å². The van der Waals surface area contributed by atoms with Crippen LogP contribution in [0.25, 0.3) is 0 Å². The Labute approximate surface area is 151 Å². The second-order valence-electron chi connectivity index (χ2n) is 6.94. The first-order valence-corrected chi connectivity index (χ1v) is 9.08. The van der Waals surface area contributed by atoms with Crippen molar-refractivity contribution < 1.29 is 0 Å². The van der Waals surface area contributed by atoms with Crippen molar-refractivity contribution in [3.05, 3.63) is 53.9 Å². The van der Waals surface area contributed by atoms with Gasteiger partial charge in [0.05, 0.1) is 6.54 Å². The maximum atomic E-state index is 4.81. The van der Waals surface area contributed by atoms with Crippen LogP contribution in [0.2, 0.25) is 0 Å². The SMILES string of the molecule is CCNC(=NCC(C)(C)c1ccccc1C)NCCCn1cccn1. The highest BCUT2D eigenvalue weighted by molar-refractivity contribution is 5.79. The molecule has 136 valence electrons. The largest absolute Gasteiger partial charge is 0.357 e. The first-order chi connectivity index (χ1) is 12.0. The lowest BCUT2D eigenvalue weighted by molar-refractivity contribution is 0.532. The van der Waals surface area contributed by atoms with E-state index in [1.807, 2.05) is 23.1 Å². The summed E-state index contributed by atoms with van der Waals surface area (Å²) in [5.74, 6) is 0.879. The predicted octanol–water partition coefficient (Wildman–Crippen LogP) is 3.11. The minimum atomic E-state index is 0.00273. The van der Waals surface area contributed by atoms with Gasteiger partial charge in [0.1, 0.15) is 0 Å². The third-order valence-corrected chi connectivity index (χ3v) is 4.27. The molecule has 2 rings (SSSR count). The van der Waals surface area contributed by atoms with Crippen molar-refractivity contribution in [2.75, 3.05) is 19.6 Å². The van der Waals surface area contributed by atoms with Crippen molar-refractivity contribution in [3.63, 3.8) is 0 Å². The molecular weight excluding hydrogens is 310 g/mol. The number of aliphatic imine (C=N–C) groups is 1. The van der Waals surface area contributed by atoms with Crippen LogP contribution in [0.3, 0.4) is 0 Å². The molecule has 1 heterocycles. The molecule has 0 spiro atoms. The highest BCUT2D eigenvalue weighted by Crippen LogP contribution is 2.26. The Bertz CT molecular complexity index is 658. The van der Waals surface area contributed by atoms with E-state index >= 15 is 0 Å². The molecule has 5 nitrogen and oxygen atoms in total. The van der Waals surface area contributed by atoms with Gasteiger partial charge in [-0.1, -0.05) is 38.1 Å². The average Bonchev–Trinajstić information content (AvgIpc) is 3.10. The average molecular weight is 342 g/mol. The normalized spacial score (nSPS) is 12.2. The van der Waals surface area contributed by atoms with Crippen LogP contribution in [-0.4, -0.2) is 35.4 Å². The van der Waals surface area contributed by atoms with Crippen molar-refractivity contribution in [1.29, 1.82) is 0 Å². The third kappa shape index (κ3) is 5.93. The first kappa shape index (κ1) is 19.0. The second-order valence-corrected chi connectivity index (χ2v) is 6.94. The zero-order valence-corrected chi connectivity index (χ0v) is 15.9. The van der Waals surface area contributed by atoms with Crippen LogP contribution in [0.5, 0.6) is 0 Å². The lowest BCUT2D eigenvalue weighted by atomic mass is 9.82. The van der Waals surface area contributed by atoms with E-state index in [1.165, 1.54) is 11.1 Å². The quantitative estimate of drug-likeness (QED) is 0.441. The molecule has 0 radical (unpaired) electrons. The molecule has 25 heavy (non-hydrogen) atoms. The molecule has 1 aromatic carbocycles. The van der Waals surface area contributed by atoms with Crippen LogP contribution >= 0.6 is 0 Å². The van der Waals surface area contributed by atoms with Gasteiger partial charge >= 0.3 is 0 Å². The standard InChI is InChI=1S/C20H31N5/c1-5-21-19(22-12-8-14-25-15-9-13-24-25)23-16-20(3,4)18-11-7-6-10-17(18)2/h6-7,9-11,13,15H,5,8,12,14,16H2,1-4H3,(H2,21,22,23). The van der Waals surface area contributed by atoms with Crippen LogP contribution < -0.4 is 10.6 Å². The fraction of sp³-hybridized carbons (Fsp3) is 0.500. The summed E-state index contributed by atoms with van der Waals surface area (Å²) in [5.41, 5.74) is 2.68. The molecule has 0 aliphatic rings. The lowest BCUT2D eigenvalue weighted by Gasteiger charge is -2.25. The number of nitrogens with zero attached hydrogens (tertiary/aromatic N) is 3. The molecule has 5 heteroatoms. The van der Waals surface area contributed by atoms with Crippen LogP contribution in [0.4, 0.5) is 0 Å². The highest BCUT2D eigenvalue weighted by Gasteiger charge is 2.22. The zero-order valence-electron chi connectivity index (χ0n) is 15.9. The monoisotopic (exact) mass is 341 g/mol. The minimum absolute atomic E-state index is 0.00273. The molecule has 0 aliphatic carbocycles. The Morgan fingerprint density at radius 1 is 1.20 bits per heavy atom. The van der Waals surface area contributed by atoms with Crippen LogP contribution in [0.1, 0.15) is 38.3 Å². The summed E-state index contributed by atoms with van der Waals surface area (Å²) in [6.45, 7) is 12.1. The van der Waals surface area contributed by atoms with E-state index in [2.05, 4.69) is 67.7 Å². The van der Waals surface area contributed by atoms with Crippen LogP contribution in [0, 0.1) is 6.92 Å². The van der Waals surface area contributed by atoms with Gasteiger partial charge in [-0.3, -0.25) is 9.67 Å². The number of benzene rings is 1. The Morgan fingerprint density at radius 3 is 2.68 bits per heavy atom. The molecule has 1 aromatic heterocycles. The molecule has 0 saturated heterocycles. The van der Waals surface area contributed by atoms with E-state index < -0.39 is 0 Å². The maximum Gasteiger partial charge on any atom is 0.191 e. The molecule has 2 aromatic rings. The number of guanidine groups is 1. The number of aryl methyl sites for hydroxylation is 2. The van der Waals surface area contributed by atoms with Gasteiger partial charge in [0.15, 0.2) is 5.96 Å². The highest BCUT2D eigenvalue weighted by atomic mass is 15.3. The fourth-order valence-corrected chi connectivity index (χ4v) is 2.92. The Kier molecular flexibility index (Phi) is 7.04. The molecule has 0 bridgehead atoms. The van der Waals surface area contributed by atoms with Gasteiger partial charge < -0.3 is 10.6 Å². The zero-order chi connectivity index (χ0) is 18.1. The van der Waals surface area contributed by atoms with Crippen LogP contribution in [0.15, 0.2) is 47.7 Å². The van der Waals surface area contributed by atoms with Crippen molar-refractivity contribution in [1.82, 2.24) is 20.4 Å². The Balaban J connectivity index is 1.90. The minimum Gasteiger partial charge on any atom is -0.357 e. The van der Waals surface area contributed by atoms with Gasteiger partial charge in [0, 0.05) is 37.4 Å². The van der Waals surface area contributed by atoms with Gasteiger partial charge in [-0.25, -0.2) is 0 Å². The fourth-order valence-electron chi connectivity index (χ4n) is 2.92. The van der Waals surface area contributed by atoms with E-state index in [-0.39, 0.29) is 5.41 Å². The van der Waals surface area contributed by atoms with Crippen molar-refractivity contribution in [2.24, 2.45) is 4.99 Å². The summed E-state index contributed by atoms with van der Waals surface area (Å²) in [4.78, 5) is 4.81. The summed E-state index contributed by atoms with van der Waals surface area (Å²) < 4.78 is 1.95. The molecule has 0 atom stereocenters. The number of aromatic nitrogens is 2. The maximum absolute atomic E-state index is 4.81. The van der Waals surface area contributed by atoms with E-state index in [4.69, 9.17) is 4.99 Å². The summed E-state index contributed by atoms with van der Waals surface area (Å²) in [6.07, 6.45) is 4.81. The third-order valence-electron chi connectivity index (χ3n) is 4.27. The molecule has 0 amide bonds. The smallest absolute Gasteiger partial charge is 0.191 e. The molecular formula is C20H31N5. The summed E-state index contributed by atoms with van der Waals surface area (Å²) >= 11 is 0. The Hall–Kier alpha value is -2.30. The molecule has 0 aliphatic heterocycles. The van der Waals surface area contributed by atoms with E-state index in [9.17, 15) is 0 Å². The van der Waals surface area contributed by atoms with E-state index in [1.54, 1.807) is 0 Å². The summed E-state index contributed by atoms with van der Waals surface area (Å²) in [5, 5.41) is 11.0. The number of hydrogen-bond donors (Lipinski definition) is 2. The molecule has 2 N–H and O–H groups in total. The van der Waals surface area contributed by atoms with Gasteiger partial charge in [-0.15, -0.1) is 0 Å².